The number of esters is 2. The Morgan fingerprint density at radius 3 is 2.06 bits per heavy atom. The Hall–Kier alpha value is -1.03. The molecule has 0 saturated heterocycles. The molecule has 3 unspecified atom stereocenters. The van der Waals surface area contributed by atoms with Crippen molar-refractivity contribution < 1.29 is 47.8 Å². The van der Waals surface area contributed by atoms with Gasteiger partial charge in [0.25, 0.3) is 0 Å². The quantitative estimate of drug-likeness (QED) is 0.138. The molecule has 3 N–H and O–H groups in total. The molecule has 0 aromatic carbocycles. The van der Waals surface area contributed by atoms with Gasteiger partial charge in [0.2, 0.25) is 0 Å². The van der Waals surface area contributed by atoms with Crippen LogP contribution in [0.2, 0.25) is 0 Å². The zero-order chi connectivity index (χ0) is 23.5. The van der Waals surface area contributed by atoms with Crippen LogP contribution in [0.1, 0.15) is 78.1 Å². The zero-order valence-corrected chi connectivity index (χ0v) is 19.6. The zero-order valence-electron chi connectivity index (χ0n) is 18.7. The highest BCUT2D eigenvalue weighted by Crippen LogP contribution is 2.43. The van der Waals surface area contributed by atoms with Crippen molar-refractivity contribution in [3.05, 3.63) is 0 Å². The highest BCUT2D eigenvalue weighted by molar-refractivity contribution is 7.47. The average Bonchev–Trinajstić information content (AvgIpc) is 2.73. The van der Waals surface area contributed by atoms with Crippen LogP contribution in [0.15, 0.2) is 0 Å². The van der Waals surface area contributed by atoms with Crippen molar-refractivity contribution in [1.29, 1.82) is 0 Å². The van der Waals surface area contributed by atoms with Crippen molar-refractivity contribution in [3.8, 4) is 0 Å². The third-order valence-corrected chi connectivity index (χ3v) is 5.18. The molecule has 0 spiro atoms. The Labute approximate surface area is 184 Å². The van der Waals surface area contributed by atoms with Crippen LogP contribution in [0.25, 0.3) is 0 Å². The minimum absolute atomic E-state index is 0.184. The van der Waals surface area contributed by atoms with Crippen LogP contribution in [-0.4, -0.2) is 65.7 Å². The first kappa shape index (κ1) is 30.0. The first-order valence-corrected chi connectivity index (χ1v) is 12.5. The number of unbranched alkanes of at least 4 members (excludes halogenated alkanes) is 6. The van der Waals surface area contributed by atoms with Gasteiger partial charge in [-0.2, -0.15) is 0 Å². The molecule has 10 nitrogen and oxygen atoms in total. The molecule has 0 fully saturated rings. The standard InChI is InChI=1S/C20H39O10P/c1-3-5-6-7-8-9-10-12-20(24)30-18(15-27-19(23)11-4-2)16-29-31(25,26)28-14-17(22)13-21/h17-18,21-22H,3-16H2,1-2H3,(H,25,26). The lowest BCUT2D eigenvalue weighted by Crippen LogP contribution is -2.29. The first-order valence-electron chi connectivity index (χ1n) is 11.0. The van der Waals surface area contributed by atoms with Crippen LogP contribution in [0.5, 0.6) is 0 Å². The van der Waals surface area contributed by atoms with Crippen LogP contribution in [0.3, 0.4) is 0 Å². The van der Waals surface area contributed by atoms with Crippen molar-refractivity contribution in [2.24, 2.45) is 0 Å². The van der Waals surface area contributed by atoms with Gasteiger partial charge in [0.15, 0.2) is 6.10 Å². The van der Waals surface area contributed by atoms with Gasteiger partial charge in [0.1, 0.15) is 12.7 Å². The summed E-state index contributed by atoms with van der Waals surface area (Å²) in [7, 11) is -4.56. The molecule has 0 aliphatic rings. The number of rotatable bonds is 20. The lowest BCUT2D eigenvalue weighted by Gasteiger charge is -2.20. The molecule has 0 aliphatic carbocycles. The number of hydrogen-bond donors (Lipinski definition) is 3. The molecule has 0 amide bonds. The van der Waals surface area contributed by atoms with Gasteiger partial charge in [0, 0.05) is 12.8 Å². The molecule has 0 aliphatic heterocycles. The van der Waals surface area contributed by atoms with Crippen LogP contribution in [0, 0.1) is 0 Å². The van der Waals surface area contributed by atoms with Crippen LogP contribution in [0.4, 0.5) is 0 Å². The molecule has 11 heteroatoms. The van der Waals surface area contributed by atoms with E-state index in [2.05, 4.69) is 11.4 Å². The van der Waals surface area contributed by atoms with Crippen molar-refractivity contribution in [3.63, 3.8) is 0 Å². The number of aliphatic hydroxyl groups excluding tert-OH is 2. The molecule has 0 bridgehead atoms. The largest absolute Gasteiger partial charge is 0.472 e. The minimum Gasteiger partial charge on any atom is -0.462 e. The van der Waals surface area contributed by atoms with Crippen molar-refractivity contribution in [2.45, 2.75) is 90.3 Å². The summed E-state index contributed by atoms with van der Waals surface area (Å²) >= 11 is 0. The number of ether oxygens (including phenoxy) is 2. The fraction of sp³-hybridized carbons (Fsp3) is 0.900. The van der Waals surface area contributed by atoms with E-state index in [0.717, 1.165) is 19.3 Å². The summed E-state index contributed by atoms with van der Waals surface area (Å²) in [5.41, 5.74) is 0. The maximum Gasteiger partial charge on any atom is 0.472 e. The number of phosphoric ester groups is 1. The molecule has 0 radical (unpaired) electrons. The highest BCUT2D eigenvalue weighted by Gasteiger charge is 2.27. The molecule has 0 heterocycles. The molecule has 0 aromatic heterocycles. The number of aliphatic hydroxyl groups is 2. The number of carbonyl (C=O) groups is 2. The Morgan fingerprint density at radius 1 is 0.839 bits per heavy atom. The molecule has 31 heavy (non-hydrogen) atoms. The molecule has 0 rings (SSSR count). The summed E-state index contributed by atoms with van der Waals surface area (Å²) in [5, 5.41) is 17.9. The average molecular weight is 470 g/mol. The topological polar surface area (TPSA) is 149 Å². The molecule has 3 atom stereocenters. The smallest absolute Gasteiger partial charge is 0.462 e. The predicted octanol–water partition coefficient (Wildman–Crippen LogP) is 2.87. The summed E-state index contributed by atoms with van der Waals surface area (Å²) < 4.78 is 31.5. The van der Waals surface area contributed by atoms with Gasteiger partial charge < -0.3 is 24.6 Å². The number of carbonyl (C=O) groups excluding carboxylic acids is 2. The van der Waals surface area contributed by atoms with E-state index < -0.39 is 51.8 Å². The maximum atomic E-state index is 12.1. The van der Waals surface area contributed by atoms with Gasteiger partial charge in [-0.15, -0.1) is 0 Å². The van der Waals surface area contributed by atoms with E-state index >= 15 is 0 Å². The second kappa shape index (κ2) is 18.5. The van der Waals surface area contributed by atoms with Gasteiger partial charge in [-0.3, -0.25) is 18.6 Å². The Kier molecular flexibility index (Phi) is 17.9. The summed E-state index contributed by atoms with van der Waals surface area (Å²) in [6.45, 7) is 1.84. The van der Waals surface area contributed by atoms with Gasteiger partial charge in [0.05, 0.1) is 19.8 Å². The Morgan fingerprint density at radius 2 is 1.45 bits per heavy atom. The maximum absolute atomic E-state index is 12.1. The monoisotopic (exact) mass is 470 g/mol. The number of phosphoric acid groups is 1. The normalized spacial score (nSPS) is 15.1. The third-order valence-electron chi connectivity index (χ3n) is 4.23. The molecule has 0 saturated carbocycles. The van der Waals surface area contributed by atoms with E-state index in [9.17, 15) is 24.2 Å². The van der Waals surface area contributed by atoms with Gasteiger partial charge in [-0.1, -0.05) is 52.4 Å². The SMILES string of the molecule is CCCCCCCCCC(=O)OC(COC(=O)CCC)COP(=O)(O)OCC(O)CO. The van der Waals surface area contributed by atoms with Gasteiger partial charge >= 0.3 is 19.8 Å². The van der Waals surface area contributed by atoms with E-state index in [1.807, 2.05) is 6.92 Å². The Balaban J connectivity index is 4.49. The van der Waals surface area contributed by atoms with Crippen molar-refractivity contribution >= 4 is 19.8 Å². The summed E-state index contributed by atoms with van der Waals surface area (Å²) in [4.78, 5) is 33.3. The van der Waals surface area contributed by atoms with E-state index in [-0.39, 0.29) is 19.4 Å². The predicted molar refractivity (Wildman–Crippen MR) is 113 cm³/mol. The van der Waals surface area contributed by atoms with E-state index in [4.69, 9.17) is 19.1 Å². The van der Waals surface area contributed by atoms with Crippen molar-refractivity contribution in [2.75, 3.05) is 26.4 Å². The fourth-order valence-electron chi connectivity index (χ4n) is 2.50. The summed E-state index contributed by atoms with van der Waals surface area (Å²) in [6.07, 6.45) is 5.84. The van der Waals surface area contributed by atoms with Crippen LogP contribution < -0.4 is 0 Å². The summed E-state index contributed by atoms with van der Waals surface area (Å²) in [5.74, 6) is -0.997. The van der Waals surface area contributed by atoms with E-state index in [1.165, 1.54) is 19.3 Å². The molecule has 0 aromatic rings. The highest BCUT2D eigenvalue weighted by atomic mass is 31.2. The lowest BCUT2D eigenvalue weighted by atomic mass is 10.1. The van der Waals surface area contributed by atoms with Crippen LogP contribution in [-0.2, 0) is 32.7 Å². The number of hydrogen-bond acceptors (Lipinski definition) is 9. The minimum atomic E-state index is -4.56. The molecule has 184 valence electrons. The van der Waals surface area contributed by atoms with Crippen molar-refractivity contribution in [1.82, 2.24) is 0 Å². The lowest BCUT2D eigenvalue weighted by molar-refractivity contribution is -0.161. The first-order chi connectivity index (χ1) is 14.7. The summed E-state index contributed by atoms with van der Waals surface area (Å²) in [6, 6.07) is 0. The van der Waals surface area contributed by atoms with E-state index in [1.54, 1.807) is 0 Å². The van der Waals surface area contributed by atoms with E-state index in [0.29, 0.717) is 12.8 Å². The third kappa shape index (κ3) is 18.3. The van der Waals surface area contributed by atoms with Crippen LogP contribution >= 0.6 is 7.82 Å². The fourth-order valence-corrected chi connectivity index (χ4v) is 3.29. The molecular formula is C20H39O10P. The second-order valence-corrected chi connectivity index (χ2v) is 8.77. The Bertz CT molecular complexity index is 528. The van der Waals surface area contributed by atoms with Gasteiger partial charge in [-0.05, 0) is 12.8 Å². The van der Waals surface area contributed by atoms with Gasteiger partial charge in [-0.25, -0.2) is 4.57 Å². The molecular weight excluding hydrogens is 431 g/mol. The second-order valence-electron chi connectivity index (χ2n) is 7.31.